The fraction of sp³-hybridized carbons (Fsp3) is 0.200. The summed E-state index contributed by atoms with van der Waals surface area (Å²) in [4.78, 5) is 35.4. The molecule has 4 nitrogen and oxygen atoms in total. The first kappa shape index (κ1) is 26.6. The van der Waals surface area contributed by atoms with Gasteiger partial charge in [0, 0.05) is 19.5 Å². The molecular formula is C30H28N2O2S4. The molecule has 0 bridgehead atoms. The molecule has 4 heterocycles. The molecule has 38 heavy (non-hydrogen) atoms. The van der Waals surface area contributed by atoms with Gasteiger partial charge in [-0.15, -0.1) is 45.3 Å². The molecular weight excluding hydrogens is 549 g/mol. The molecule has 0 saturated heterocycles. The molecule has 5 rings (SSSR count). The largest absolute Gasteiger partial charge is 0.332 e. The SMILES string of the molecule is O=C(Cc1cccc(CC(=O)N(Cc2cccs2)Cc2cccs2)c1)N(Cc1cccs1)Cc1cccs1. The van der Waals surface area contributed by atoms with Crippen LogP contribution in [0.5, 0.6) is 0 Å². The van der Waals surface area contributed by atoms with Crippen molar-refractivity contribution in [3.8, 4) is 0 Å². The lowest BCUT2D eigenvalue weighted by atomic mass is 10.0. The number of amides is 2. The van der Waals surface area contributed by atoms with E-state index in [2.05, 4.69) is 24.3 Å². The van der Waals surface area contributed by atoms with Crippen LogP contribution in [0.2, 0.25) is 0 Å². The summed E-state index contributed by atoms with van der Waals surface area (Å²) in [6, 6.07) is 24.3. The minimum absolute atomic E-state index is 0.0901. The summed E-state index contributed by atoms with van der Waals surface area (Å²) in [5.74, 6) is 0.180. The van der Waals surface area contributed by atoms with Gasteiger partial charge in [0.2, 0.25) is 11.8 Å². The average Bonchev–Trinajstić information content (AvgIpc) is 3.73. The van der Waals surface area contributed by atoms with Crippen molar-refractivity contribution in [3.05, 3.63) is 125 Å². The number of carbonyl (C=O) groups excluding carboxylic acids is 2. The van der Waals surface area contributed by atoms with E-state index in [1.165, 1.54) is 19.5 Å². The minimum atomic E-state index is 0.0901. The first-order valence-electron chi connectivity index (χ1n) is 12.4. The molecule has 0 saturated carbocycles. The first-order valence-corrected chi connectivity index (χ1v) is 15.9. The Morgan fingerprint density at radius 1 is 0.500 bits per heavy atom. The third-order valence-electron chi connectivity index (χ3n) is 6.11. The maximum atomic E-state index is 13.4. The van der Waals surface area contributed by atoms with Crippen LogP contribution in [0.3, 0.4) is 0 Å². The highest BCUT2D eigenvalue weighted by molar-refractivity contribution is 7.10. The van der Waals surface area contributed by atoms with Crippen molar-refractivity contribution < 1.29 is 9.59 Å². The van der Waals surface area contributed by atoms with Crippen LogP contribution in [0.15, 0.2) is 94.3 Å². The third-order valence-corrected chi connectivity index (χ3v) is 9.56. The number of rotatable bonds is 12. The van der Waals surface area contributed by atoms with Gasteiger partial charge in [-0.1, -0.05) is 48.5 Å². The summed E-state index contributed by atoms with van der Waals surface area (Å²) < 4.78 is 0. The van der Waals surface area contributed by atoms with E-state index in [1.807, 2.05) is 79.9 Å². The molecule has 0 N–H and O–H groups in total. The molecule has 0 aliphatic heterocycles. The van der Waals surface area contributed by atoms with Crippen LogP contribution in [-0.4, -0.2) is 21.6 Å². The van der Waals surface area contributed by atoms with E-state index in [4.69, 9.17) is 0 Å². The second-order valence-electron chi connectivity index (χ2n) is 8.99. The van der Waals surface area contributed by atoms with Gasteiger partial charge in [0.05, 0.1) is 39.0 Å². The summed E-state index contributed by atoms with van der Waals surface area (Å²) in [5, 5.41) is 8.18. The van der Waals surface area contributed by atoms with Gasteiger partial charge in [0.1, 0.15) is 0 Å². The lowest BCUT2D eigenvalue weighted by Gasteiger charge is -2.23. The Balaban J connectivity index is 1.26. The molecule has 2 amide bonds. The molecule has 0 atom stereocenters. The van der Waals surface area contributed by atoms with Crippen molar-refractivity contribution in [1.29, 1.82) is 0 Å². The fourth-order valence-electron chi connectivity index (χ4n) is 4.25. The molecule has 5 aromatic rings. The van der Waals surface area contributed by atoms with Crippen LogP contribution >= 0.6 is 45.3 Å². The molecule has 4 aromatic heterocycles. The van der Waals surface area contributed by atoms with Crippen molar-refractivity contribution in [1.82, 2.24) is 9.80 Å². The zero-order valence-electron chi connectivity index (χ0n) is 20.8. The number of nitrogens with zero attached hydrogens (tertiary/aromatic N) is 2. The topological polar surface area (TPSA) is 40.6 Å². The zero-order valence-corrected chi connectivity index (χ0v) is 24.1. The minimum Gasteiger partial charge on any atom is -0.332 e. The van der Waals surface area contributed by atoms with Gasteiger partial charge in [-0.25, -0.2) is 0 Å². The van der Waals surface area contributed by atoms with Gasteiger partial charge in [-0.05, 0) is 56.9 Å². The van der Waals surface area contributed by atoms with Gasteiger partial charge in [-0.3, -0.25) is 9.59 Å². The van der Waals surface area contributed by atoms with Crippen molar-refractivity contribution >= 4 is 57.2 Å². The Morgan fingerprint density at radius 2 is 0.842 bits per heavy atom. The van der Waals surface area contributed by atoms with Crippen LogP contribution < -0.4 is 0 Å². The number of carbonyl (C=O) groups is 2. The Bertz CT molecular complexity index is 1230. The summed E-state index contributed by atoms with van der Waals surface area (Å²) >= 11 is 6.68. The first-order chi connectivity index (χ1) is 18.6. The molecule has 194 valence electrons. The monoisotopic (exact) mass is 576 g/mol. The highest BCUT2D eigenvalue weighted by Crippen LogP contribution is 2.21. The van der Waals surface area contributed by atoms with E-state index in [0.29, 0.717) is 39.0 Å². The molecule has 0 unspecified atom stereocenters. The number of hydrogen-bond donors (Lipinski definition) is 0. The molecule has 1 aromatic carbocycles. The standard InChI is InChI=1S/C30H28N2O2S4/c33-29(31(19-25-8-2-12-35-25)20-26-9-3-13-36-26)17-23-6-1-7-24(16-23)18-30(34)32(21-27-10-4-14-37-27)22-28-11-5-15-38-28/h1-16H,17-22H2. The Labute approximate surface area is 239 Å². The summed E-state index contributed by atoms with van der Waals surface area (Å²) in [6.07, 6.45) is 0.625. The average molecular weight is 577 g/mol. The smallest absolute Gasteiger partial charge is 0.227 e. The molecule has 0 fully saturated rings. The predicted molar refractivity (Wildman–Crippen MR) is 160 cm³/mol. The lowest BCUT2D eigenvalue weighted by Crippen LogP contribution is -2.31. The maximum absolute atomic E-state index is 13.4. The van der Waals surface area contributed by atoms with E-state index in [-0.39, 0.29) is 11.8 Å². The van der Waals surface area contributed by atoms with E-state index in [9.17, 15) is 9.59 Å². The molecule has 0 spiro atoms. The Morgan fingerprint density at radius 3 is 1.13 bits per heavy atom. The van der Waals surface area contributed by atoms with Crippen molar-refractivity contribution in [2.24, 2.45) is 0 Å². The molecule has 0 radical (unpaired) electrons. The van der Waals surface area contributed by atoms with Crippen LogP contribution in [0, 0.1) is 0 Å². The number of benzene rings is 1. The fourth-order valence-corrected chi connectivity index (χ4v) is 7.13. The van der Waals surface area contributed by atoms with E-state index < -0.39 is 0 Å². The molecule has 0 aliphatic carbocycles. The van der Waals surface area contributed by atoms with Crippen molar-refractivity contribution in [2.75, 3.05) is 0 Å². The van der Waals surface area contributed by atoms with Crippen LogP contribution in [0.1, 0.15) is 30.6 Å². The summed E-state index contributed by atoms with van der Waals surface area (Å²) in [5.41, 5.74) is 1.87. The number of thiophene rings is 4. The highest BCUT2D eigenvalue weighted by Gasteiger charge is 2.19. The van der Waals surface area contributed by atoms with Crippen molar-refractivity contribution in [2.45, 2.75) is 39.0 Å². The van der Waals surface area contributed by atoms with Gasteiger partial charge in [0.15, 0.2) is 0 Å². The van der Waals surface area contributed by atoms with Gasteiger partial charge in [-0.2, -0.15) is 0 Å². The molecule has 8 heteroatoms. The van der Waals surface area contributed by atoms with E-state index >= 15 is 0 Å². The second-order valence-corrected chi connectivity index (χ2v) is 13.1. The quantitative estimate of drug-likeness (QED) is 0.155. The lowest BCUT2D eigenvalue weighted by molar-refractivity contribution is -0.132. The summed E-state index contributed by atoms with van der Waals surface area (Å²) in [7, 11) is 0. The third kappa shape index (κ3) is 7.51. The maximum Gasteiger partial charge on any atom is 0.227 e. The van der Waals surface area contributed by atoms with Gasteiger partial charge >= 0.3 is 0 Å². The van der Waals surface area contributed by atoms with Gasteiger partial charge in [0.25, 0.3) is 0 Å². The zero-order chi connectivity index (χ0) is 26.2. The van der Waals surface area contributed by atoms with Crippen LogP contribution in [0.4, 0.5) is 0 Å². The Kier molecular flexibility index (Phi) is 9.19. The normalized spacial score (nSPS) is 10.9. The van der Waals surface area contributed by atoms with Crippen LogP contribution in [0.25, 0.3) is 0 Å². The predicted octanol–water partition coefficient (Wildman–Crippen LogP) is 7.48. The Hall–Kier alpha value is -3.04. The van der Waals surface area contributed by atoms with E-state index in [0.717, 1.165) is 11.1 Å². The van der Waals surface area contributed by atoms with Gasteiger partial charge < -0.3 is 9.80 Å². The highest BCUT2D eigenvalue weighted by atomic mass is 32.1. The van der Waals surface area contributed by atoms with Crippen molar-refractivity contribution in [3.63, 3.8) is 0 Å². The summed E-state index contributed by atoms with van der Waals surface area (Å²) in [6.45, 7) is 2.42. The number of hydrogen-bond acceptors (Lipinski definition) is 6. The van der Waals surface area contributed by atoms with Crippen LogP contribution in [-0.2, 0) is 48.6 Å². The molecule has 0 aliphatic rings. The van der Waals surface area contributed by atoms with E-state index in [1.54, 1.807) is 45.3 Å². The second kappa shape index (κ2) is 13.2.